The molecule has 1 aliphatic carbocycles. The summed E-state index contributed by atoms with van der Waals surface area (Å²) in [7, 11) is 1.96. The van der Waals surface area contributed by atoms with Gasteiger partial charge < -0.3 is 9.88 Å². The van der Waals surface area contributed by atoms with Crippen molar-refractivity contribution in [3.05, 3.63) is 35.7 Å². The van der Waals surface area contributed by atoms with E-state index in [4.69, 9.17) is 0 Å². The fraction of sp³-hybridized carbons (Fsp3) is 0.444. The van der Waals surface area contributed by atoms with E-state index in [1.54, 1.807) is 24.3 Å². The minimum absolute atomic E-state index is 0.0241. The van der Waals surface area contributed by atoms with Crippen molar-refractivity contribution in [1.29, 1.82) is 0 Å². The first kappa shape index (κ1) is 17.7. The van der Waals surface area contributed by atoms with Crippen LogP contribution in [0.5, 0.6) is 0 Å². The molecule has 1 saturated carbocycles. The number of Topliss-reactive ketones (excluding diaryl/α,β-unsaturated/α-hetero) is 1. The van der Waals surface area contributed by atoms with E-state index < -0.39 is 0 Å². The molecule has 0 saturated heterocycles. The van der Waals surface area contributed by atoms with Crippen LogP contribution in [0.4, 0.5) is 5.69 Å². The summed E-state index contributed by atoms with van der Waals surface area (Å²) in [5.41, 5.74) is 1.21. The molecule has 1 amide bonds. The Morgan fingerprint density at radius 2 is 2.04 bits per heavy atom. The molecule has 3 rings (SSSR count). The second-order valence-electron chi connectivity index (χ2n) is 6.36. The van der Waals surface area contributed by atoms with Gasteiger partial charge in [0.2, 0.25) is 5.91 Å². The second kappa shape index (κ2) is 7.82. The van der Waals surface area contributed by atoms with Crippen LogP contribution in [0.3, 0.4) is 0 Å². The number of hydrogen-bond acceptors (Lipinski definition) is 5. The Morgan fingerprint density at radius 3 is 2.76 bits per heavy atom. The molecule has 132 valence electrons. The number of carbonyl (C=O) groups is 2. The molecule has 2 aromatic rings. The Balaban J connectivity index is 1.57. The quantitative estimate of drug-likeness (QED) is 0.632. The summed E-state index contributed by atoms with van der Waals surface area (Å²) in [4.78, 5) is 23.6. The largest absolute Gasteiger partial charge is 0.325 e. The summed E-state index contributed by atoms with van der Waals surface area (Å²) in [5, 5.41) is 12.1. The van der Waals surface area contributed by atoms with Gasteiger partial charge in [-0.3, -0.25) is 9.59 Å². The third-order valence-electron chi connectivity index (χ3n) is 4.47. The molecule has 1 aromatic heterocycles. The first-order valence-electron chi connectivity index (χ1n) is 8.47. The molecule has 1 fully saturated rings. The number of nitrogens with zero attached hydrogens (tertiary/aromatic N) is 3. The fourth-order valence-electron chi connectivity index (χ4n) is 3.13. The molecule has 0 unspecified atom stereocenters. The molecule has 1 N–H and O–H groups in total. The van der Waals surface area contributed by atoms with Gasteiger partial charge in [-0.2, -0.15) is 0 Å². The van der Waals surface area contributed by atoms with E-state index in [-0.39, 0.29) is 17.4 Å². The van der Waals surface area contributed by atoms with Gasteiger partial charge in [-0.15, -0.1) is 10.2 Å². The lowest BCUT2D eigenvalue weighted by Gasteiger charge is -2.09. The molecule has 1 heterocycles. The molecule has 0 bridgehead atoms. The first-order chi connectivity index (χ1) is 12.0. The van der Waals surface area contributed by atoms with Crippen molar-refractivity contribution in [3.63, 3.8) is 0 Å². The number of aromatic nitrogens is 3. The summed E-state index contributed by atoms with van der Waals surface area (Å²) >= 11 is 1.37. The van der Waals surface area contributed by atoms with Crippen molar-refractivity contribution < 1.29 is 9.59 Å². The highest BCUT2D eigenvalue weighted by molar-refractivity contribution is 7.99. The molecule has 6 nitrogen and oxygen atoms in total. The second-order valence-corrected chi connectivity index (χ2v) is 7.30. The smallest absolute Gasteiger partial charge is 0.234 e. The van der Waals surface area contributed by atoms with Crippen LogP contribution in [-0.4, -0.2) is 32.2 Å². The zero-order chi connectivity index (χ0) is 17.8. The fourth-order valence-corrected chi connectivity index (χ4v) is 3.85. The van der Waals surface area contributed by atoms with Crippen molar-refractivity contribution >= 4 is 29.1 Å². The number of nitrogens with one attached hydrogen (secondary N) is 1. The summed E-state index contributed by atoms with van der Waals surface area (Å²) in [6.45, 7) is 1.51. The Hall–Kier alpha value is -2.15. The minimum Gasteiger partial charge on any atom is -0.325 e. The van der Waals surface area contributed by atoms with Crippen molar-refractivity contribution in [1.82, 2.24) is 14.8 Å². The molecule has 0 atom stereocenters. The summed E-state index contributed by atoms with van der Waals surface area (Å²) in [5.74, 6) is 1.62. The highest BCUT2D eigenvalue weighted by atomic mass is 32.2. The predicted molar refractivity (Wildman–Crippen MR) is 98.0 cm³/mol. The lowest BCUT2D eigenvalue weighted by Crippen LogP contribution is -2.15. The van der Waals surface area contributed by atoms with Crippen molar-refractivity contribution in [2.75, 3.05) is 11.1 Å². The highest BCUT2D eigenvalue weighted by Gasteiger charge is 2.23. The monoisotopic (exact) mass is 358 g/mol. The summed E-state index contributed by atoms with van der Waals surface area (Å²) < 4.78 is 2.00. The number of hydrogen-bond donors (Lipinski definition) is 1. The van der Waals surface area contributed by atoms with E-state index in [0.717, 1.165) is 11.0 Å². The maximum Gasteiger partial charge on any atom is 0.234 e. The maximum absolute atomic E-state index is 12.2. The zero-order valence-electron chi connectivity index (χ0n) is 14.5. The SMILES string of the molecule is CC(=O)c1cccc(NC(=O)CSc2nnc(C3CCCC3)n2C)c1. The molecule has 0 aliphatic heterocycles. The first-order valence-corrected chi connectivity index (χ1v) is 9.46. The topological polar surface area (TPSA) is 76.9 Å². The van der Waals surface area contributed by atoms with Gasteiger partial charge in [0.1, 0.15) is 5.82 Å². The van der Waals surface area contributed by atoms with E-state index in [2.05, 4.69) is 15.5 Å². The van der Waals surface area contributed by atoms with Crippen LogP contribution in [0.1, 0.15) is 54.7 Å². The lowest BCUT2D eigenvalue weighted by atomic mass is 10.1. The number of thioether (sulfide) groups is 1. The van der Waals surface area contributed by atoms with Crippen LogP contribution < -0.4 is 5.32 Å². The van der Waals surface area contributed by atoms with Crippen LogP contribution in [0.2, 0.25) is 0 Å². The summed E-state index contributed by atoms with van der Waals surface area (Å²) in [6, 6.07) is 6.95. The van der Waals surface area contributed by atoms with Crippen LogP contribution in [0, 0.1) is 0 Å². The van der Waals surface area contributed by atoms with E-state index in [0.29, 0.717) is 17.2 Å². The van der Waals surface area contributed by atoms with E-state index in [9.17, 15) is 9.59 Å². The Bertz CT molecular complexity index is 781. The standard InChI is InChI=1S/C18H22N4O2S/c1-12(23)14-8-5-9-15(10-14)19-16(24)11-25-18-21-20-17(22(18)2)13-6-3-4-7-13/h5,8-10,13H,3-4,6-7,11H2,1-2H3,(H,19,24). The van der Waals surface area contributed by atoms with Crippen molar-refractivity contribution in [3.8, 4) is 0 Å². The number of rotatable bonds is 6. The molecule has 25 heavy (non-hydrogen) atoms. The molecule has 1 aromatic carbocycles. The molecule has 0 spiro atoms. The van der Waals surface area contributed by atoms with Crippen LogP contribution >= 0.6 is 11.8 Å². The van der Waals surface area contributed by atoms with E-state index >= 15 is 0 Å². The molecule has 7 heteroatoms. The minimum atomic E-state index is -0.129. The van der Waals surface area contributed by atoms with Gasteiger partial charge >= 0.3 is 0 Å². The predicted octanol–water partition coefficient (Wildman–Crippen LogP) is 3.41. The molecular weight excluding hydrogens is 336 g/mol. The van der Waals surface area contributed by atoms with Gasteiger partial charge in [0.15, 0.2) is 10.9 Å². The van der Waals surface area contributed by atoms with Gasteiger partial charge in [-0.25, -0.2) is 0 Å². The van der Waals surface area contributed by atoms with Gasteiger partial charge in [-0.1, -0.05) is 36.7 Å². The van der Waals surface area contributed by atoms with Gasteiger partial charge in [-0.05, 0) is 31.9 Å². The molecule has 1 aliphatic rings. The number of carbonyl (C=O) groups excluding carboxylic acids is 2. The van der Waals surface area contributed by atoms with Crippen LogP contribution in [0.25, 0.3) is 0 Å². The van der Waals surface area contributed by atoms with E-state index in [1.807, 2.05) is 11.6 Å². The average molecular weight is 358 g/mol. The Morgan fingerprint density at radius 1 is 1.28 bits per heavy atom. The van der Waals surface area contributed by atoms with Crippen LogP contribution in [-0.2, 0) is 11.8 Å². The number of anilines is 1. The third-order valence-corrected chi connectivity index (χ3v) is 5.49. The number of ketones is 1. The Kier molecular flexibility index (Phi) is 5.53. The van der Waals surface area contributed by atoms with Crippen molar-refractivity contribution in [2.45, 2.75) is 43.7 Å². The highest BCUT2D eigenvalue weighted by Crippen LogP contribution is 2.33. The van der Waals surface area contributed by atoms with Crippen molar-refractivity contribution in [2.24, 2.45) is 7.05 Å². The van der Waals surface area contributed by atoms with Gasteiger partial charge in [0, 0.05) is 24.2 Å². The molecular formula is C18H22N4O2S. The van der Waals surface area contributed by atoms with Gasteiger partial charge in [0.05, 0.1) is 5.75 Å². The number of benzene rings is 1. The van der Waals surface area contributed by atoms with E-state index in [1.165, 1.54) is 44.4 Å². The van der Waals surface area contributed by atoms with Crippen LogP contribution in [0.15, 0.2) is 29.4 Å². The number of amides is 1. The Labute approximate surface area is 151 Å². The maximum atomic E-state index is 12.2. The summed E-state index contributed by atoms with van der Waals surface area (Å²) in [6.07, 6.45) is 4.84. The average Bonchev–Trinajstić information content (AvgIpc) is 3.23. The van der Waals surface area contributed by atoms with Gasteiger partial charge in [0.25, 0.3) is 0 Å². The third kappa shape index (κ3) is 4.28. The molecule has 0 radical (unpaired) electrons. The zero-order valence-corrected chi connectivity index (χ0v) is 15.3. The normalized spacial score (nSPS) is 14.6. The lowest BCUT2D eigenvalue weighted by molar-refractivity contribution is -0.113.